The molecule has 0 aliphatic rings. The molecule has 0 N–H and O–H groups in total. The van der Waals surface area contributed by atoms with Gasteiger partial charge in [-0.05, 0) is 24.6 Å². The SMILES string of the molecule is CCOC(=O)c1cnn(-c2ccccc2)c1Cc1ccccc1. The minimum Gasteiger partial charge on any atom is -0.462 e. The number of hydrogen-bond acceptors (Lipinski definition) is 3. The number of aromatic nitrogens is 2. The first-order valence-electron chi connectivity index (χ1n) is 7.63. The van der Waals surface area contributed by atoms with Crippen molar-refractivity contribution in [3.8, 4) is 5.69 Å². The highest BCUT2D eigenvalue weighted by Crippen LogP contribution is 2.19. The van der Waals surface area contributed by atoms with Crippen LogP contribution in [0.4, 0.5) is 0 Å². The zero-order valence-electron chi connectivity index (χ0n) is 13.0. The van der Waals surface area contributed by atoms with E-state index in [0.717, 1.165) is 16.9 Å². The topological polar surface area (TPSA) is 44.1 Å². The average molecular weight is 306 g/mol. The second-order valence-electron chi connectivity index (χ2n) is 5.14. The summed E-state index contributed by atoms with van der Waals surface area (Å²) in [6, 6.07) is 19.8. The highest BCUT2D eigenvalue weighted by molar-refractivity contribution is 5.90. The van der Waals surface area contributed by atoms with Crippen molar-refractivity contribution >= 4 is 5.97 Å². The van der Waals surface area contributed by atoms with E-state index in [9.17, 15) is 4.79 Å². The molecule has 2 aromatic carbocycles. The Labute approximate surface area is 135 Å². The third-order valence-corrected chi connectivity index (χ3v) is 3.58. The van der Waals surface area contributed by atoms with Crippen LogP contribution in [0.15, 0.2) is 66.9 Å². The van der Waals surface area contributed by atoms with E-state index in [1.807, 2.05) is 60.7 Å². The molecule has 1 aromatic heterocycles. The summed E-state index contributed by atoms with van der Waals surface area (Å²) in [6.07, 6.45) is 2.20. The van der Waals surface area contributed by atoms with E-state index in [0.29, 0.717) is 18.6 Å². The van der Waals surface area contributed by atoms with Gasteiger partial charge >= 0.3 is 5.97 Å². The molecule has 3 aromatic rings. The second kappa shape index (κ2) is 6.92. The maximum Gasteiger partial charge on any atom is 0.341 e. The Morgan fingerprint density at radius 2 is 1.70 bits per heavy atom. The van der Waals surface area contributed by atoms with Gasteiger partial charge in [0.05, 0.1) is 24.2 Å². The molecular weight excluding hydrogens is 288 g/mol. The van der Waals surface area contributed by atoms with Gasteiger partial charge in [-0.1, -0.05) is 48.5 Å². The minimum atomic E-state index is -0.333. The quantitative estimate of drug-likeness (QED) is 0.676. The minimum absolute atomic E-state index is 0.333. The van der Waals surface area contributed by atoms with Gasteiger partial charge in [-0.2, -0.15) is 5.10 Å². The fourth-order valence-corrected chi connectivity index (χ4v) is 2.50. The van der Waals surface area contributed by atoms with Gasteiger partial charge in [-0.3, -0.25) is 0 Å². The third kappa shape index (κ3) is 3.31. The van der Waals surface area contributed by atoms with Gasteiger partial charge in [0.15, 0.2) is 0 Å². The summed E-state index contributed by atoms with van der Waals surface area (Å²) in [5.41, 5.74) is 3.39. The Bertz CT molecular complexity index is 780. The average Bonchev–Trinajstić information content (AvgIpc) is 3.00. The van der Waals surface area contributed by atoms with E-state index in [2.05, 4.69) is 5.10 Å². The van der Waals surface area contributed by atoms with E-state index in [1.54, 1.807) is 17.8 Å². The normalized spacial score (nSPS) is 10.5. The fourth-order valence-electron chi connectivity index (χ4n) is 2.50. The molecule has 0 atom stereocenters. The molecular formula is C19H18N2O2. The molecule has 1 heterocycles. The smallest absolute Gasteiger partial charge is 0.341 e. The molecule has 0 radical (unpaired) electrons. The highest BCUT2D eigenvalue weighted by Gasteiger charge is 2.19. The van der Waals surface area contributed by atoms with Gasteiger partial charge in [-0.25, -0.2) is 9.48 Å². The van der Waals surface area contributed by atoms with Crippen LogP contribution < -0.4 is 0 Å². The third-order valence-electron chi connectivity index (χ3n) is 3.58. The fraction of sp³-hybridized carbons (Fsp3) is 0.158. The Hall–Kier alpha value is -2.88. The van der Waals surface area contributed by atoms with E-state index in [4.69, 9.17) is 4.74 Å². The lowest BCUT2D eigenvalue weighted by Gasteiger charge is -2.10. The lowest BCUT2D eigenvalue weighted by Crippen LogP contribution is -2.10. The maximum absolute atomic E-state index is 12.2. The van der Waals surface area contributed by atoms with E-state index in [1.165, 1.54) is 0 Å². The number of hydrogen-bond donors (Lipinski definition) is 0. The largest absolute Gasteiger partial charge is 0.462 e. The summed E-state index contributed by atoms with van der Waals surface area (Å²) < 4.78 is 6.97. The van der Waals surface area contributed by atoms with Crippen molar-refractivity contribution in [3.63, 3.8) is 0 Å². The lowest BCUT2D eigenvalue weighted by atomic mass is 10.1. The van der Waals surface area contributed by atoms with E-state index in [-0.39, 0.29) is 5.97 Å². The van der Waals surface area contributed by atoms with Crippen molar-refractivity contribution in [1.29, 1.82) is 0 Å². The summed E-state index contributed by atoms with van der Waals surface area (Å²) in [6.45, 7) is 2.15. The standard InChI is InChI=1S/C19H18N2O2/c1-2-23-19(22)17-14-20-21(16-11-7-4-8-12-16)18(17)13-15-9-5-3-6-10-15/h3-12,14H,2,13H2,1H3. The van der Waals surface area contributed by atoms with Gasteiger partial charge in [0.1, 0.15) is 5.56 Å². The number of benzene rings is 2. The van der Waals surface area contributed by atoms with Crippen LogP contribution in [0.5, 0.6) is 0 Å². The molecule has 3 rings (SSSR count). The van der Waals surface area contributed by atoms with Crippen molar-refractivity contribution in [2.45, 2.75) is 13.3 Å². The number of rotatable bonds is 5. The maximum atomic E-state index is 12.2. The summed E-state index contributed by atoms with van der Waals surface area (Å²) in [5.74, 6) is -0.333. The van der Waals surface area contributed by atoms with Crippen LogP contribution in [0.1, 0.15) is 28.5 Å². The Kier molecular flexibility index (Phi) is 4.52. The molecule has 4 heteroatoms. The van der Waals surface area contributed by atoms with Crippen molar-refractivity contribution in [2.24, 2.45) is 0 Å². The van der Waals surface area contributed by atoms with Crippen LogP contribution in [-0.2, 0) is 11.2 Å². The van der Waals surface area contributed by atoms with Crippen LogP contribution in [-0.4, -0.2) is 22.4 Å². The lowest BCUT2D eigenvalue weighted by molar-refractivity contribution is 0.0525. The Morgan fingerprint density at radius 3 is 2.35 bits per heavy atom. The second-order valence-corrected chi connectivity index (χ2v) is 5.14. The van der Waals surface area contributed by atoms with Crippen molar-refractivity contribution in [1.82, 2.24) is 9.78 Å². The predicted octanol–water partition coefficient (Wildman–Crippen LogP) is 3.64. The van der Waals surface area contributed by atoms with Gasteiger partial charge < -0.3 is 4.74 Å². The van der Waals surface area contributed by atoms with Gasteiger partial charge in [0.2, 0.25) is 0 Å². The van der Waals surface area contributed by atoms with E-state index < -0.39 is 0 Å². The van der Waals surface area contributed by atoms with Crippen LogP contribution in [0, 0.1) is 0 Å². The molecule has 116 valence electrons. The molecule has 0 unspecified atom stereocenters. The number of ether oxygens (including phenoxy) is 1. The predicted molar refractivity (Wildman–Crippen MR) is 88.8 cm³/mol. The van der Waals surface area contributed by atoms with Gasteiger partial charge in [0.25, 0.3) is 0 Å². The zero-order valence-corrected chi connectivity index (χ0v) is 13.0. The summed E-state index contributed by atoms with van der Waals surface area (Å²) in [7, 11) is 0. The Morgan fingerprint density at radius 1 is 1.04 bits per heavy atom. The Balaban J connectivity index is 2.05. The van der Waals surface area contributed by atoms with Gasteiger partial charge in [0, 0.05) is 6.42 Å². The molecule has 0 spiro atoms. The van der Waals surface area contributed by atoms with E-state index >= 15 is 0 Å². The number of nitrogens with zero attached hydrogens (tertiary/aromatic N) is 2. The molecule has 0 aliphatic heterocycles. The van der Waals surface area contributed by atoms with Crippen molar-refractivity contribution in [3.05, 3.63) is 83.7 Å². The molecule has 4 nitrogen and oxygen atoms in total. The number of carbonyl (C=O) groups is 1. The van der Waals surface area contributed by atoms with Crippen molar-refractivity contribution in [2.75, 3.05) is 6.61 Å². The van der Waals surface area contributed by atoms with Gasteiger partial charge in [-0.15, -0.1) is 0 Å². The van der Waals surface area contributed by atoms with Crippen molar-refractivity contribution < 1.29 is 9.53 Å². The first kappa shape index (κ1) is 15.0. The number of carbonyl (C=O) groups excluding carboxylic acids is 1. The summed E-state index contributed by atoms with van der Waals surface area (Å²) >= 11 is 0. The molecule has 0 bridgehead atoms. The van der Waals surface area contributed by atoms with Crippen LogP contribution >= 0.6 is 0 Å². The monoisotopic (exact) mass is 306 g/mol. The first-order chi connectivity index (χ1) is 11.3. The zero-order chi connectivity index (χ0) is 16.1. The highest BCUT2D eigenvalue weighted by atomic mass is 16.5. The number of esters is 1. The molecule has 0 aliphatic carbocycles. The molecule has 0 saturated carbocycles. The molecule has 23 heavy (non-hydrogen) atoms. The van der Waals surface area contributed by atoms with Crippen LogP contribution in [0.3, 0.4) is 0 Å². The molecule has 0 amide bonds. The summed E-state index contributed by atoms with van der Waals surface area (Å²) in [4.78, 5) is 12.2. The molecule has 0 saturated heterocycles. The van der Waals surface area contributed by atoms with Crippen LogP contribution in [0.2, 0.25) is 0 Å². The molecule has 0 fully saturated rings. The number of para-hydroxylation sites is 1. The van der Waals surface area contributed by atoms with Crippen LogP contribution in [0.25, 0.3) is 5.69 Å². The first-order valence-corrected chi connectivity index (χ1v) is 7.63. The summed E-state index contributed by atoms with van der Waals surface area (Å²) in [5, 5.41) is 4.40.